The van der Waals surface area contributed by atoms with E-state index in [2.05, 4.69) is 9.62 Å². The highest BCUT2D eigenvalue weighted by molar-refractivity contribution is 7.89. The Labute approximate surface area is 126 Å². The van der Waals surface area contributed by atoms with E-state index in [1.165, 1.54) is 18.2 Å². The van der Waals surface area contributed by atoms with E-state index in [0.717, 1.165) is 13.1 Å². The number of halogens is 1. The van der Waals surface area contributed by atoms with Crippen molar-refractivity contribution in [3.05, 3.63) is 23.2 Å². The van der Waals surface area contributed by atoms with E-state index in [0.29, 0.717) is 11.6 Å². The summed E-state index contributed by atoms with van der Waals surface area (Å²) < 4.78 is 27.2. The number of nitrogens with two attached hydrogens (primary N) is 1. The first-order chi connectivity index (χ1) is 9.30. The molecule has 0 saturated carbocycles. The predicted molar refractivity (Wildman–Crippen MR) is 83.4 cm³/mol. The number of sulfonamides is 1. The van der Waals surface area contributed by atoms with Gasteiger partial charge in [-0.1, -0.05) is 25.4 Å². The van der Waals surface area contributed by atoms with Crippen LogP contribution in [0.5, 0.6) is 0 Å². The Morgan fingerprint density at radius 2 is 1.95 bits per heavy atom. The van der Waals surface area contributed by atoms with Gasteiger partial charge >= 0.3 is 0 Å². The Morgan fingerprint density at radius 1 is 1.35 bits per heavy atom. The molecule has 1 aromatic carbocycles. The summed E-state index contributed by atoms with van der Waals surface area (Å²) >= 11 is 5.78. The fourth-order valence-corrected chi connectivity index (χ4v) is 3.53. The van der Waals surface area contributed by atoms with Crippen LogP contribution in [0.15, 0.2) is 23.1 Å². The molecule has 0 aromatic heterocycles. The fraction of sp³-hybridized carbons (Fsp3) is 0.538. The van der Waals surface area contributed by atoms with Crippen molar-refractivity contribution in [2.24, 2.45) is 0 Å². The molecule has 0 spiro atoms. The number of nitrogens with zero attached hydrogens (tertiary/aromatic N) is 1. The maximum Gasteiger partial charge on any atom is 0.242 e. The SMILES string of the molecule is CCN(CC)CC(C)NS(=O)(=O)c1ccc(Cl)cc1N. The van der Waals surface area contributed by atoms with Crippen LogP contribution >= 0.6 is 11.6 Å². The molecule has 0 heterocycles. The smallest absolute Gasteiger partial charge is 0.242 e. The van der Waals surface area contributed by atoms with Crippen molar-refractivity contribution >= 4 is 27.3 Å². The number of benzene rings is 1. The number of hydrogen-bond donors (Lipinski definition) is 2. The summed E-state index contributed by atoms with van der Waals surface area (Å²) in [6.45, 7) is 8.34. The van der Waals surface area contributed by atoms with Crippen LogP contribution in [0.25, 0.3) is 0 Å². The van der Waals surface area contributed by atoms with E-state index in [-0.39, 0.29) is 16.6 Å². The molecule has 0 fully saturated rings. The van der Waals surface area contributed by atoms with Crippen molar-refractivity contribution in [3.63, 3.8) is 0 Å². The Bertz CT molecular complexity index is 545. The number of rotatable bonds is 7. The summed E-state index contributed by atoms with van der Waals surface area (Å²) in [6, 6.07) is 4.17. The van der Waals surface area contributed by atoms with Crippen LogP contribution in [-0.2, 0) is 10.0 Å². The molecule has 1 unspecified atom stereocenters. The molecule has 0 aliphatic carbocycles. The van der Waals surface area contributed by atoms with Gasteiger partial charge in [-0.2, -0.15) is 0 Å². The summed E-state index contributed by atoms with van der Waals surface area (Å²) in [7, 11) is -3.63. The minimum Gasteiger partial charge on any atom is -0.398 e. The maximum atomic E-state index is 12.3. The van der Waals surface area contributed by atoms with Crippen molar-refractivity contribution in [3.8, 4) is 0 Å². The van der Waals surface area contributed by atoms with Crippen LogP contribution in [-0.4, -0.2) is 39.0 Å². The molecular formula is C13H22ClN3O2S. The number of anilines is 1. The van der Waals surface area contributed by atoms with Crippen LogP contribution in [0.1, 0.15) is 20.8 Å². The zero-order valence-corrected chi connectivity index (χ0v) is 13.6. The van der Waals surface area contributed by atoms with Gasteiger partial charge in [0.2, 0.25) is 10.0 Å². The third-order valence-corrected chi connectivity index (χ3v) is 4.94. The van der Waals surface area contributed by atoms with Gasteiger partial charge in [-0.3, -0.25) is 0 Å². The molecule has 0 radical (unpaired) electrons. The minimum absolute atomic E-state index is 0.0632. The number of likely N-dealkylation sites (N-methyl/N-ethyl adjacent to an activating group) is 1. The first-order valence-electron chi connectivity index (χ1n) is 6.59. The second kappa shape index (κ2) is 7.26. The summed E-state index contributed by atoms with van der Waals surface area (Å²) in [4.78, 5) is 2.21. The largest absolute Gasteiger partial charge is 0.398 e. The van der Waals surface area contributed by atoms with Crippen LogP contribution in [0.3, 0.4) is 0 Å². The van der Waals surface area contributed by atoms with E-state index < -0.39 is 10.0 Å². The zero-order valence-electron chi connectivity index (χ0n) is 12.1. The first kappa shape index (κ1) is 17.2. The van der Waals surface area contributed by atoms with Crippen molar-refractivity contribution in [1.29, 1.82) is 0 Å². The van der Waals surface area contributed by atoms with Gasteiger partial charge in [-0.05, 0) is 38.2 Å². The van der Waals surface area contributed by atoms with E-state index in [4.69, 9.17) is 17.3 Å². The van der Waals surface area contributed by atoms with Crippen LogP contribution in [0.4, 0.5) is 5.69 Å². The maximum absolute atomic E-state index is 12.3. The van der Waals surface area contributed by atoms with E-state index >= 15 is 0 Å². The third kappa shape index (κ3) is 4.63. The summed E-state index contributed by atoms with van der Waals surface area (Å²) in [5.41, 5.74) is 5.88. The standard InChI is InChI=1S/C13H22ClN3O2S/c1-4-17(5-2)9-10(3)16-20(18,19)13-7-6-11(14)8-12(13)15/h6-8,10,16H,4-5,9,15H2,1-3H3. The van der Waals surface area contributed by atoms with Gasteiger partial charge in [-0.25, -0.2) is 13.1 Å². The lowest BCUT2D eigenvalue weighted by molar-refractivity contribution is 0.282. The molecule has 7 heteroatoms. The topological polar surface area (TPSA) is 75.4 Å². The molecule has 1 rings (SSSR count). The molecule has 0 aliphatic rings. The minimum atomic E-state index is -3.63. The van der Waals surface area contributed by atoms with E-state index in [1.807, 2.05) is 20.8 Å². The first-order valence-corrected chi connectivity index (χ1v) is 8.46. The molecule has 5 nitrogen and oxygen atoms in total. The second-order valence-electron chi connectivity index (χ2n) is 4.69. The molecule has 0 bridgehead atoms. The molecule has 20 heavy (non-hydrogen) atoms. The zero-order chi connectivity index (χ0) is 15.3. The van der Waals surface area contributed by atoms with Gasteiger partial charge in [-0.15, -0.1) is 0 Å². The molecule has 114 valence electrons. The van der Waals surface area contributed by atoms with Gasteiger partial charge in [0.25, 0.3) is 0 Å². The Kier molecular flexibility index (Phi) is 6.26. The molecule has 0 amide bonds. The van der Waals surface area contributed by atoms with Gasteiger partial charge in [0.15, 0.2) is 0 Å². The predicted octanol–water partition coefficient (Wildman–Crippen LogP) is 1.93. The summed E-state index contributed by atoms with van der Waals surface area (Å²) in [5, 5.41) is 0.414. The normalized spacial score (nSPS) is 13.7. The molecule has 3 N–H and O–H groups in total. The molecule has 0 aliphatic heterocycles. The Balaban J connectivity index is 2.84. The van der Waals surface area contributed by atoms with Crippen molar-refractivity contribution in [2.75, 3.05) is 25.4 Å². The van der Waals surface area contributed by atoms with Crippen molar-refractivity contribution in [2.45, 2.75) is 31.7 Å². The summed E-state index contributed by atoms with van der Waals surface area (Å²) in [6.07, 6.45) is 0. The van der Waals surface area contributed by atoms with Gasteiger partial charge < -0.3 is 10.6 Å². The summed E-state index contributed by atoms with van der Waals surface area (Å²) in [5.74, 6) is 0. The number of nitrogens with one attached hydrogen (secondary N) is 1. The fourth-order valence-electron chi connectivity index (χ4n) is 2.00. The van der Waals surface area contributed by atoms with Gasteiger partial charge in [0, 0.05) is 17.6 Å². The highest BCUT2D eigenvalue weighted by Crippen LogP contribution is 2.22. The lowest BCUT2D eigenvalue weighted by atomic mass is 10.3. The number of nitrogen functional groups attached to an aromatic ring is 1. The van der Waals surface area contributed by atoms with Gasteiger partial charge in [0.1, 0.15) is 4.90 Å². The third-order valence-electron chi connectivity index (χ3n) is 3.04. The van der Waals surface area contributed by atoms with Crippen molar-refractivity contribution < 1.29 is 8.42 Å². The average Bonchev–Trinajstić information content (AvgIpc) is 2.34. The number of hydrogen-bond acceptors (Lipinski definition) is 4. The van der Waals surface area contributed by atoms with Gasteiger partial charge in [0.05, 0.1) is 5.69 Å². The van der Waals surface area contributed by atoms with Crippen LogP contribution < -0.4 is 10.5 Å². The lowest BCUT2D eigenvalue weighted by Gasteiger charge is -2.23. The Hall–Kier alpha value is -0.820. The van der Waals surface area contributed by atoms with Crippen LogP contribution in [0, 0.1) is 0 Å². The van der Waals surface area contributed by atoms with E-state index in [1.54, 1.807) is 0 Å². The highest BCUT2D eigenvalue weighted by Gasteiger charge is 2.21. The molecule has 1 aromatic rings. The average molecular weight is 320 g/mol. The molecule has 0 saturated heterocycles. The van der Waals surface area contributed by atoms with Crippen molar-refractivity contribution in [1.82, 2.24) is 9.62 Å². The lowest BCUT2D eigenvalue weighted by Crippen LogP contribution is -2.42. The quantitative estimate of drug-likeness (QED) is 0.753. The Morgan fingerprint density at radius 3 is 2.45 bits per heavy atom. The monoisotopic (exact) mass is 319 g/mol. The van der Waals surface area contributed by atoms with Crippen LogP contribution in [0.2, 0.25) is 5.02 Å². The second-order valence-corrected chi connectivity index (χ2v) is 6.81. The molecule has 1 atom stereocenters. The molecular weight excluding hydrogens is 298 g/mol. The highest BCUT2D eigenvalue weighted by atomic mass is 35.5. The van der Waals surface area contributed by atoms with E-state index in [9.17, 15) is 8.42 Å².